The van der Waals surface area contributed by atoms with Crippen LogP contribution >= 0.6 is 0 Å². The highest BCUT2D eigenvalue weighted by Crippen LogP contribution is 2.28. The lowest BCUT2D eigenvalue weighted by molar-refractivity contribution is 0.0935. The van der Waals surface area contributed by atoms with E-state index in [-0.39, 0.29) is 11.9 Å². The van der Waals surface area contributed by atoms with Gasteiger partial charge >= 0.3 is 0 Å². The minimum atomic E-state index is -0.234. The predicted molar refractivity (Wildman–Crippen MR) is 112 cm³/mol. The van der Waals surface area contributed by atoms with Crippen LogP contribution in [0.1, 0.15) is 29.0 Å². The van der Waals surface area contributed by atoms with E-state index < -0.39 is 0 Å². The van der Waals surface area contributed by atoms with Crippen molar-refractivity contribution < 1.29 is 9.53 Å². The van der Waals surface area contributed by atoms with Crippen LogP contribution < -0.4 is 10.1 Å². The minimum Gasteiger partial charge on any atom is -0.497 e. The molecule has 1 amide bonds. The first kappa shape index (κ1) is 18.6. The number of hydrogen-bond acceptors (Lipinski definition) is 5. The molecule has 1 atom stereocenters. The zero-order chi connectivity index (χ0) is 20.2. The van der Waals surface area contributed by atoms with E-state index >= 15 is 0 Å². The zero-order valence-corrected chi connectivity index (χ0v) is 16.2. The van der Waals surface area contributed by atoms with Crippen molar-refractivity contribution in [1.82, 2.24) is 20.3 Å². The van der Waals surface area contributed by atoms with E-state index in [0.29, 0.717) is 5.69 Å². The first-order valence-electron chi connectivity index (χ1n) is 9.25. The van der Waals surface area contributed by atoms with Crippen LogP contribution in [0.25, 0.3) is 22.0 Å². The first-order chi connectivity index (χ1) is 14.2. The fraction of sp³-hybridized carbons (Fsp3) is 0.130. The van der Waals surface area contributed by atoms with E-state index in [4.69, 9.17) is 4.74 Å². The summed E-state index contributed by atoms with van der Waals surface area (Å²) in [6, 6.07) is 14.9. The molecule has 0 unspecified atom stereocenters. The highest BCUT2D eigenvalue weighted by atomic mass is 16.5. The molecule has 1 N–H and O–H groups in total. The van der Waals surface area contributed by atoms with E-state index in [1.807, 2.05) is 49.4 Å². The van der Waals surface area contributed by atoms with Crippen molar-refractivity contribution in [3.8, 4) is 16.9 Å². The van der Waals surface area contributed by atoms with Gasteiger partial charge in [0.05, 0.1) is 18.7 Å². The van der Waals surface area contributed by atoms with E-state index in [1.165, 1.54) is 0 Å². The van der Waals surface area contributed by atoms with Crippen molar-refractivity contribution in [2.75, 3.05) is 7.11 Å². The van der Waals surface area contributed by atoms with E-state index in [1.54, 1.807) is 38.0 Å². The molecule has 3 heterocycles. The molecule has 6 nitrogen and oxygen atoms in total. The number of amides is 1. The van der Waals surface area contributed by atoms with Crippen molar-refractivity contribution in [3.63, 3.8) is 0 Å². The summed E-state index contributed by atoms with van der Waals surface area (Å²) in [7, 11) is 1.63. The van der Waals surface area contributed by atoms with Gasteiger partial charge in [-0.25, -0.2) is 4.98 Å². The Hall–Kier alpha value is -3.80. The molecule has 4 rings (SSSR count). The molecule has 0 aliphatic carbocycles. The highest BCUT2D eigenvalue weighted by molar-refractivity contribution is 6.01. The topological polar surface area (TPSA) is 77.0 Å². The maximum atomic E-state index is 13.0. The number of carbonyl (C=O) groups is 1. The number of rotatable bonds is 5. The van der Waals surface area contributed by atoms with Gasteiger partial charge in [-0.15, -0.1) is 0 Å². The maximum Gasteiger partial charge on any atom is 0.270 e. The number of carbonyl (C=O) groups excluding carboxylic acids is 1. The number of fused-ring (bicyclic) bond motifs is 1. The molecule has 6 heteroatoms. The average molecular weight is 384 g/mol. The summed E-state index contributed by atoms with van der Waals surface area (Å²) in [5.41, 5.74) is 3.91. The zero-order valence-electron chi connectivity index (χ0n) is 16.2. The van der Waals surface area contributed by atoms with Crippen LogP contribution in [0.2, 0.25) is 0 Å². The van der Waals surface area contributed by atoms with Crippen LogP contribution in [-0.2, 0) is 0 Å². The monoisotopic (exact) mass is 384 g/mol. The molecule has 0 fully saturated rings. The van der Waals surface area contributed by atoms with Gasteiger partial charge in [0.25, 0.3) is 5.91 Å². The smallest absolute Gasteiger partial charge is 0.270 e. The number of nitrogens with one attached hydrogen (secondary N) is 1. The van der Waals surface area contributed by atoms with Gasteiger partial charge in [-0.1, -0.05) is 12.1 Å². The molecule has 3 aromatic heterocycles. The number of benzene rings is 1. The maximum absolute atomic E-state index is 13.0. The van der Waals surface area contributed by atoms with E-state index in [2.05, 4.69) is 20.3 Å². The lowest BCUT2D eigenvalue weighted by atomic mass is 10.0. The summed E-state index contributed by atoms with van der Waals surface area (Å²) in [6.45, 7) is 1.94. The molecule has 0 saturated heterocycles. The molecule has 0 spiro atoms. The summed E-state index contributed by atoms with van der Waals surface area (Å²) in [4.78, 5) is 25.8. The third-order valence-corrected chi connectivity index (χ3v) is 4.80. The number of hydrogen-bond donors (Lipinski definition) is 1. The number of ether oxygens (including phenoxy) is 1. The van der Waals surface area contributed by atoms with Gasteiger partial charge in [-0.05, 0) is 60.0 Å². The van der Waals surface area contributed by atoms with E-state index in [9.17, 15) is 4.79 Å². The molecule has 144 valence electrons. The molecule has 29 heavy (non-hydrogen) atoms. The average Bonchev–Trinajstić information content (AvgIpc) is 2.78. The number of aromatic nitrogens is 3. The molecule has 1 aromatic carbocycles. The number of methoxy groups -OCH3 is 1. The van der Waals surface area contributed by atoms with Gasteiger partial charge in [0.1, 0.15) is 11.4 Å². The van der Waals surface area contributed by atoms with Crippen molar-refractivity contribution in [1.29, 1.82) is 0 Å². The van der Waals surface area contributed by atoms with Crippen LogP contribution in [0, 0.1) is 0 Å². The molecule has 0 aliphatic heterocycles. The summed E-state index contributed by atoms with van der Waals surface area (Å²) < 4.78 is 5.19. The molecule has 4 aromatic rings. The van der Waals surface area contributed by atoms with Crippen molar-refractivity contribution in [2.45, 2.75) is 13.0 Å². The normalized spacial score (nSPS) is 11.8. The minimum absolute atomic E-state index is 0.173. The second-order valence-corrected chi connectivity index (χ2v) is 6.65. The molecule has 0 bridgehead atoms. The summed E-state index contributed by atoms with van der Waals surface area (Å²) in [5, 5.41) is 3.91. The van der Waals surface area contributed by atoms with Crippen molar-refractivity contribution >= 4 is 16.8 Å². The highest BCUT2D eigenvalue weighted by Gasteiger charge is 2.16. The van der Waals surface area contributed by atoms with Crippen molar-refractivity contribution in [2.24, 2.45) is 0 Å². The van der Waals surface area contributed by atoms with Gasteiger partial charge < -0.3 is 10.1 Å². The third kappa shape index (κ3) is 3.91. The Morgan fingerprint density at radius 2 is 1.72 bits per heavy atom. The molecule has 0 aliphatic rings. The van der Waals surface area contributed by atoms with Crippen LogP contribution in [0.3, 0.4) is 0 Å². The van der Waals surface area contributed by atoms with Gasteiger partial charge in [0.15, 0.2) is 0 Å². The quantitative estimate of drug-likeness (QED) is 0.558. The Bertz CT molecular complexity index is 1140. The number of nitrogens with zero attached hydrogens (tertiary/aromatic N) is 3. The summed E-state index contributed by atoms with van der Waals surface area (Å²) in [5.74, 6) is 0.543. The third-order valence-electron chi connectivity index (χ3n) is 4.80. The lowest BCUT2D eigenvalue weighted by Crippen LogP contribution is -2.27. The molecule has 0 saturated carbocycles. The first-order valence-corrected chi connectivity index (χ1v) is 9.25. The molecular formula is C23H20N4O2. The summed E-state index contributed by atoms with van der Waals surface area (Å²) >= 11 is 0. The second kappa shape index (κ2) is 8.06. The fourth-order valence-electron chi connectivity index (χ4n) is 3.20. The SMILES string of the molecule is COc1ccc([C@H](C)NC(=O)c2cc(-c3ccncc3)c3cnccc3n2)cc1. The van der Waals surface area contributed by atoms with E-state index in [0.717, 1.165) is 33.3 Å². The van der Waals surface area contributed by atoms with Gasteiger partial charge in [-0.3, -0.25) is 14.8 Å². The second-order valence-electron chi connectivity index (χ2n) is 6.65. The van der Waals surface area contributed by atoms with Crippen LogP contribution in [0.5, 0.6) is 5.75 Å². The molecular weight excluding hydrogens is 364 g/mol. The Labute approximate surface area is 168 Å². The Kier molecular flexibility index (Phi) is 5.16. The largest absolute Gasteiger partial charge is 0.497 e. The Morgan fingerprint density at radius 3 is 2.45 bits per heavy atom. The predicted octanol–water partition coefficient (Wildman–Crippen LogP) is 4.19. The van der Waals surface area contributed by atoms with Gasteiger partial charge in [0, 0.05) is 30.2 Å². The van der Waals surface area contributed by atoms with Crippen LogP contribution in [-0.4, -0.2) is 28.0 Å². The van der Waals surface area contributed by atoms with Gasteiger partial charge in [0.2, 0.25) is 0 Å². The van der Waals surface area contributed by atoms with Crippen molar-refractivity contribution in [3.05, 3.63) is 84.6 Å². The lowest BCUT2D eigenvalue weighted by Gasteiger charge is -2.15. The summed E-state index contributed by atoms with van der Waals surface area (Å²) in [6.07, 6.45) is 6.89. The Morgan fingerprint density at radius 1 is 1.00 bits per heavy atom. The standard InChI is InChI=1S/C23H20N4O2/c1-15(16-3-5-18(29-2)6-4-16)26-23(28)22-13-19(17-7-10-24-11-8-17)20-14-25-12-9-21(20)27-22/h3-15H,1-2H3,(H,26,28)/t15-/m0/s1. The number of pyridine rings is 3. The van der Waals surface area contributed by atoms with Crippen LogP contribution in [0.15, 0.2) is 73.3 Å². The van der Waals surface area contributed by atoms with Crippen LogP contribution in [0.4, 0.5) is 0 Å². The van der Waals surface area contributed by atoms with Gasteiger partial charge in [-0.2, -0.15) is 0 Å². The fourth-order valence-corrected chi connectivity index (χ4v) is 3.20. The molecule has 0 radical (unpaired) electrons. The Balaban J connectivity index is 1.67.